The first-order valence-corrected chi connectivity index (χ1v) is 8.00. The number of nitrogens with one attached hydrogen (secondary N) is 1. The molecule has 0 fully saturated rings. The Hall–Kier alpha value is 0.260. The van der Waals surface area contributed by atoms with Gasteiger partial charge in [0.05, 0.1) is 5.75 Å². The van der Waals surface area contributed by atoms with E-state index in [1.165, 1.54) is 6.26 Å². The van der Waals surface area contributed by atoms with Gasteiger partial charge in [-0.25, -0.2) is 8.42 Å². The Morgan fingerprint density at radius 2 is 1.93 bits per heavy atom. The van der Waals surface area contributed by atoms with E-state index in [-0.39, 0.29) is 5.75 Å². The predicted molar refractivity (Wildman–Crippen MR) is 64.8 cm³/mol. The summed E-state index contributed by atoms with van der Waals surface area (Å²) in [4.78, 5) is 0. The number of sulfone groups is 1. The highest BCUT2D eigenvalue weighted by Gasteiger charge is 2.12. The molecule has 0 bridgehead atoms. The predicted octanol–water partition coefficient (Wildman–Crippen LogP) is 1.15. The van der Waals surface area contributed by atoms with Crippen LogP contribution in [0.1, 0.15) is 20.8 Å². The van der Waals surface area contributed by atoms with Crippen molar-refractivity contribution in [2.45, 2.75) is 32.1 Å². The van der Waals surface area contributed by atoms with E-state index in [1.807, 2.05) is 0 Å². The molecule has 3 nitrogen and oxygen atoms in total. The largest absolute Gasteiger partial charge is 0.313 e. The molecule has 0 spiro atoms. The molecule has 0 aliphatic rings. The second kappa shape index (κ2) is 6.69. The van der Waals surface area contributed by atoms with Crippen LogP contribution in [0.3, 0.4) is 0 Å². The molecular weight excluding hydrogens is 218 g/mol. The van der Waals surface area contributed by atoms with Gasteiger partial charge < -0.3 is 5.32 Å². The van der Waals surface area contributed by atoms with Crippen LogP contribution >= 0.6 is 11.8 Å². The molecule has 0 aromatic carbocycles. The molecule has 0 aliphatic carbocycles. The maximum absolute atomic E-state index is 10.9. The van der Waals surface area contributed by atoms with Crippen molar-refractivity contribution in [2.75, 3.05) is 24.3 Å². The summed E-state index contributed by atoms with van der Waals surface area (Å²) < 4.78 is 21.8. The molecule has 1 N–H and O–H groups in total. The number of hydrogen-bond acceptors (Lipinski definition) is 4. The van der Waals surface area contributed by atoms with Gasteiger partial charge in [-0.05, 0) is 13.5 Å². The second-order valence-electron chi connectivity index (χ2n) is 3.55. The lowest BCUT2D eigenvalue weighted by Crippen LogP contribution is -2.34. The number of thioether (sulfide) groups is 1. The normalized spacial score (nSPS) is 16.6. The van der Waals surface area contributed by atoms with Gasteiger partial charge in [0.2, 0.25) is 0 Å². The summed E-state index contributed by atoms with van der Waals surface area (Å²) >= 11 is 1.71. The third-order valence-corrected chi connectivity index (χ3v) is 4.64. The summed E-state index contributed by atoms with van der Waals surface area (Å²) in [6.07, 6.45) is 1.28. The number of rotatable bonds is 7. The van der Waals surface area contributed by atoms with Crippen LogP contribution in [0.4, 0.5) is 0 Å². The van der Waals surface area contributed by atoms with Crippen LogP contribution in [0.15, 0.2) is 0 Å². The molecule has 0 radical (unpaired) electrons. The molecule has 0 saturated heterocycles. The minimum atomic E-state index is -2.80. The Bertz CT molecular complexity index is 239. The minimum absolute atomic E-state index is 0.279. The fourth-order valence-electron chi connectivity index (χ4n) is 1.02. The van der Waals surface area contributed by atoms with Gasteiger partial charge in [-0.1, -0.05) is 13.8 Å². The highest BCUT2D eigenvalue weighted by atomic mass is 32.2. The van der Waals surface area contributed by atoms with Crippen molar-refractivity contribution in [3.63, 3.8) is 0 Å². The minimum Gasteiger partial charge on any atom is -0.313 e. The van der Waals surface area contributed by atoms with E-state index in [0.29, 0.717) is 17.0 Å². The monoisotopic (exact) mass is 239 g/mol. The third kappa shape index (κ3) is 7.64. The zero-order chi connectivity index (χ0) is 11.2. The maximum atomic E-state index is 10.9. The van der Waals surface area contributed by atoms with Crippen molar-refractivity contribution in [2.24, 2.45) is 0 Å². The molecular formula is C9H21NO2S2. The van der Waals surface area contributed by atoms with E-state index in [1.54, 1.807) is 11.8 Å². The van der Waals surface area contributed by atoms with Crippen LogP contribution in [0.25, 0.3) is 0 Å². The molecule has 0 rings (SSSR count). The van der Waals surface area contributed by atoms with Gasteiger partial charge in [0.25, 0.3) is 0 Å². The quantitative estimate of drug-likeness (QED) is 0.724. The van der Waals surface area contributed by atoms with E-state index < -0.39 is 9.84 Å². The summed E-state index contributed by atoms with van der Waals surface area (Å²) in [7, 11) is -2.80. The van der Waals surface area contributed by atoms with Gasteiger partial charge in [-0.15, -0.1) is 0 Å². The summed E-state index contributed by atoms with van der Waals surface area (Å²) in [5.41, 5.74) is 0. The van der Waals surface area contributed by atoms with Crippen molar-refractivity contribution < 1.29 is 8.42 Å². The Morgan fingerprint density at radius 1 is 1.36 bits per heavy atom. The van der Waals surface area contributed by atoms with Crippen molar-refractivity contribution >= 4 is 21.6 Å². The van der Waals surface area contributed by atoms with Crippen LogP contribution in [-0.4, -0.2) is 44.0 Å². The SMILES string of the molecule is CCNC(C)C(C)SCCS(C)(=O)=O. The molecule has 0 aromatic heterocycles. The van der Waals surface area contributed by atoms with Crippen LogP contribution in [0.2, 0.25) is 0 Å². The molecule has 2 atom stereocenters. The lowest BCUT2D eigenvalue weighted by atomic mass is 10.2. The average molecular weight is 239 g/mol. The zero-order valence-corrected chi connectivity index (χ0v) is 11.0. The highest BCUT2D eigenvalue weighted by molar-refractivity contribution is 8.01. The third-order valence-electron chi connectivity index (χ3n) is 2.07. The van der Waals surface area contributed by atoms with Crippen LogP contribution in [0.5, 0.6) is 0 Å². The molecule has 2 unspecified atom stereocenters. The topological polar surface area (TPSA) is 46.2 Å². The smallest absolute Gasteiger partial charge is 0.148 e. The average Bonchev–Trinajstić information content (AvgIpc) is 2.02. The van der Waals surface area contributed by atoms with Crippen molar-refractivity contribution in [3.05, 3.63) is 0 Å². The van der Waals surface area contributed by atoms with Crippen molar-refractivity contribution in [3.8, 4) is 0 Å². The summed E-state index contributed by atoms with van der Waals surface area (Å²) in [5, 5.41) is 3.78. The van der Waals surface area contributed by atoms with Crippen molar-refractivity contribution in [1.82, 2.24) is 5.32 Å². The molecule has 14 heavy (non-hydrogen) atoms. The van der Waals surface area contributed by atoms with E-state index in [0.717, 1.165) is 6.54 Å². The fraction of sp³-hybridized carbons (Fsp3) is 1.00. The van der Waals surface area contributed by atoms with E-state index in [2.05, 4.69) is 26.1 Å². The zero-order valence-electron chi connectivity index (χ0n) is 9.41. The fourth-order valence-corrected chi connectivity index (χ4v) is 3.37. The van der Waals surface area contributed by atoms with Gasteiger partial charge in [-0.3, -0.25) is 0 Å². The van der Waals surface area contributed by atoms with Crippen LogP contribution in [-0.2, 0) is 9.84 Å². The Balaban J connectivity index is 3.68. The Kier molecular flexibility index (Phi) is 6.81. The first kappa shape index (κ1) is 14.3. The van der Waals surface area contributed by atoms with Crippen LogP contribution in [0, 0.1) is 0 Å². The highest BCUT2D eigenvalue weighted by Crippen LogP contribution is 2.14. The lowest BCUT2D eigenvalue weighted by molar-refractivity contribution is 0.563. The molecule has 86 valence electrons. The van der Waals surface area contributed by atoms with Gasteiger partial charge in [0.1, 0.15) is 9.84 Å². The standard InChI is InChI=1S/C9H21NO2S2/c1-5-10-8(2)9(3)13-6-7-14(4,11)12/h8-10H,5-7H2,1-4H3. The first-order valence-electron chi connectivity index (χ1n) is 4.89. The second-order valence-corrected chi connectivity index (χ2v) is 7.30. The van der Waals surface area contributed by atoms with E-state index >= 15 is 0 Å². The molecule has 0 aromatic rings. The van der Waals surface area contributed by atoms with E-state index in [4.69, 9.17) is 0 Å². The Labute approximate surface area is 92.0 Å². The number of hydrogen-bond donors (Lipinski definition) is 1. The van der Waals surface area contributed by atoms with Gasteiger partial charge in [-0.2, -0.15) is 11.8 Å². The molecule has 0 aliphatic heterocycles. The van der Waals surface area contributed by atoms with E-state index in [9.17, 15) is 8.42 Å². The van der Waals surface area contributed by atoms with Gasteiger partial charge >= 0.3 is 0 Å². The summed E-state index contributed by atoms with van der Waals surface area (Å²) in [6, 6.07) is 0.435. The molecule has 5 heteroatoms. The maximum Gasteiger partial charge on any atom is 0.148 e. The first-order chi connectivity index (χ1) is 6.37. The summed E-state index contributed by atoms with van der Waals surface area (Å²) in [5.74, 6) is 0.969. The summed E-state index contributed by atoms with van der Waals surface area (Å²) in [6.45, 7) is 7.28. The van der Waals surface area contributed by atoms with Crippen molar-refractivity contribution in [1.29, 1.82) is 0 Å². The van der Waals surface area contributed by atoms with Crippen LogP contribution < -0.4 is 5.32 Å². The molecule has 0 saturated carbocycles. The van der Waals surface area contributed by atoms with Gasteiger partial charge in [0, 0.05) is 23.3 Å². The molecule has 0 heterocycles. The molecule has 0 amide bonds. The van der Waals surface area contributed by atoms with Gasteiger partial charge in [0.15, 0.2) is 0 Å². The Morgan fingerprint density at radius 3 is 2.36 bits per heavy atom. The lowest BCUT2D eigenvalue weighted by Gasteiger charge is -2.19.